The summed E-state index contributed by atoms with van der Waals surface area (Å²) in [5.74, 6) is -1.41. The lowest BCUT2D eigenvalue weighted by molar-refractivity contribution is -0.142. The number of carboxylic acid groups (broad SMARTS) is 1. The van der Waals surface area contributed by atoms with Gasteiger partial charge in [-0.3, -0.25) is 4.79 Å². The highest BCUT2D eigenvalue weighted by Gasteiger charge is 2.24. The van der Waals surface area contributed by atoms with Crippen LogP contribution in [0, 0.1) is 11.8 Å². The number of nitrogens with one attached hydrogen (secondary N) is 2. The Balaban J connectivity index is 2.29. The van der Waals surface area contributed by atoms with Crippen molar-refractivity contribution in [3.63, 3.8) is 0 Å². The molecule has 0 aromatic rings. The number of rotatable bonds is 5. The van der Waals surface area contributed by atoms with Crippen molar-refractivity contribution in [2.45, 2.75) is 26.3 Å². The fraction of sp³-hybridized carbons (Fsp3) is 0.833. The predicted molar refractivity (Wildman–Crippen MR) is 68.4 cm³/mol. The Morgan fingerprint density at radius 1 is 1.44 bits per heavy atom. The van der Waals surface area contributed by atoms with E-state index in [-0.39, 0.29) is 24.5 Å². The molecule has 0 aromatic carbocycles. The van der Waals surface area contributed by atoms with Gasteiger partial charge in [0.1, 0.15) is 0 Å². The first-order valence-electron chi connectivity index (χ1n) is 6.36. The molecular formula is C12H23N3O3. The number of carboxylic acids is 1. The molecule has 6 nitrogen and oxygen atoms in total. The maximum Gasteiger partial charge on any atom is 0.315 e. The van der Waals surface area contributed by atoms with Crippen molar-refractivity contribution in [2.24, 2.45) is 11.8 Å². The second-order valence-corrected chi connectivity index (χ2v) is 5.29. The van der Waals surface area contributed by atoms with Crippen LogP contribution in [0.25, 0.3) is 0 Å². The molecule has 1 rings (SSSR count). The Hall–Kier alpha value is -1.30. The molecular weight excluding hydrogens is 234 g/mol. The molecule has 6 heteroatoms. The third-order valence-electron chi connectivity index (χ3n) is 3.33. The number of likely N-dealkylation sites (tertiary alicyclic amines) is 1. The zero-order chi connectivity index (χ0) is 13.7. The average molecular weight is 257 g/mol. The molecule has 0 aromatic heterocycles. The third kappa shape index (κ3) is 4.52. The van der Waals surface area contributed by atoms with E-state index in [1.165, 1.54) is 0 Å². The van der Waals surface area contributed by atoms with Crippen LogP contribution in [0.5, 0.6) is 0 Å². The van der Waals surface area contributed by atoms with Crippen LogP contribution in [-0.4, -0.2) is 54.7 Å². The summed E-state index contributed by atoms with van der Waals surface area (Å²) in [5, 5.41) is 14.5. The lowest BCUT2D eigenvalue weighted by Gasteiger charge is -2.18. The molecule has 0 radical (unpaired) electrons. The summed E-state index contributed by atoms with van der Waals surface area (Å²) in [6.07, 6.45) is 0.941. The Morgan fingerprint density at radius 3 is 2.56 bits per heavy atom. The van der Waals surface area contributed by atoms with Gasteiger partial charge in [0.2, 0.25) is 0 Å². The molecule has 1 saturated heterocycles. The van der Waals surface area contributed by atoms with Gasteiger partial charge in [0.05, 0.1) is 5.92 Å². The van der Waals surface area contributed by atoms with Crippen LogP contribution in [0.2, 0.25) is 0 Å². The third-order valence-corrected chi connectivity index (χ3v) is 3.33. The largest absolute Gasteiger partial charge is 0.481 e. The van der Waals surface area contributed by atoms with Crippen molar-refractivity contribution >= 4 is 12.0 Å². The lowest BCUT2D eigenvalue weighted by atomic mass is 9.96. The molecule has 0 bridgehead atoms. The summed E-state index contributed by atoms with van der Waals surface area (Å²) >= 11 is 0. The van der Waals surface area contributed by atoms with Gasteiger partial charge in [0.25, 0.3) is 0 Å². The number of carbonyl (C=O) groups is 2. The van der Waals surface area contributed by atoms with E-state index in [9.17, 15) is 9.59 Å². The van der Waals surface area contributed by atoms with Crippen molar-refractivity contribution in [1.29, 1.82) is 0 Å². The highest BCUT2D eigenvalue weighted by atomic mass is 16.4. The quantitative estimate of drug-likeness (QED) is 0.663. The SMILES string of the molecule is CC(C)C(CNC(=O)NC1CCN(C)C1)C(=O)O. The summed E-state index contributed by atoms with van der Waals surface area (Å²) in [6, 6.07) is -0.112. The number of nitrogens with zero attached hydrogens (tertiary/aromatic N) is 1. The van der Waals surface area contributed by atoms with Crippen LogP contribution in [-0.2, 0) is 4.79 Å². The molecule has 2 unspecified atom stereocenters. The van der Waals surface area contributed by atoms with Crippen molar-refractivity contribution < 1.29 is 14.7 Å². The number of hydrogen-bond donors (Lipinski definition) is 3. The summed E-state index contributed by atoms with van der Waals surface area (Å²) in [6.45, 7) is 5.67. The summed E-state index contributed by atoms with van der Waals surface area (Å²) in [7, 11) is 2.01. The van der Waals surface area contributed by atoms with Crippen molar-refractivity contribution in [3.8, 4) is 0 Å². The maximum absolute atomic E-state index is 11.6. The smallest absolute Gasteiger partial charge is 0.315 e. The van der Waals surface area contributed by atoms with E-state index >= 15 is 0 Å². The highest BCUT2D eigenvalue weighted by Crippen LogP contribution is 2.10. The summed E-state index contributed by atoms with van der Waals surface area (Å²) < 4.78 is 0. The molecule has 104 valence electrons. The molecule has 3 N–H and O–H groups in total. The van der Waals surface area contributed by atoms with Crippen LogP contribution >= 0.6 is 0 Å². The molecule has 1 heterocycles. The topological polar surface area (TPSA) is 81.7 Å². The standard InChI is InChI=1S/C12H23N3O3/c1-8(2)10(11(16)17)6-13-12(18)14-9-4-5-15(3)7-9/h8-10H,4-7H2,1-3H3,(H,16,17)(H2,13,14,18). The number of hydrogen-bond acceptors (Lipinski definition) is 3. The Kier molecular flexibility index (Phi) is 5.40. The minimum Gasteiger partial charge on any atom is -0.481 e. The monoisotopic (exact) mass is 257 g/mol. The molecule has 1 aliphatic rings. The van der Waals surface area contributed by atoms with Gasteiger partial charge in [0, 0.05) is 19.1 Å². The first-order chi connectivity index (χ1) is 8.40. The first-order valence-corrected chi connectivity index (χ1v) is 6.36. The van der Waals surface area contributed by atoms with Crippen molar-refractivity contribution in [2.75, 3.05) is 26.7 Å². The van der Waals surface area contributed by atoms with E-state index in [4.69, 9.17) is 5.11 Å². The maximum atomic E-state index is 11.6. The molecule has 2 amide bonds. The van der Waals surface area contributed by atoms with Gasteiger partial charge in [-0.1, -0.05) is 13.8 Å². The average Bonchev–Trinajstić information content (AvgIpc) is 2.62. The van der Waals surface area contributed by atoms with Crippen LogP contribution < -0.4 is 10.6 Å². The number of likely N-dealkylation sites (N-methyl/N-ethyl adjacent to an activating group) is 1. The predicted octanol–water partition coefficient (Wildman–Crippen LogP) is 0.347. The molecule has 1 aliphatic heterocycles. The zero-order valence-electron chi connectivity index (χ0n) is 11.3. The number of amides is 2. The Morgan fingerprint density at radius 2 is 2.11 bits per heavy atom. The van der Waals surface area contributed by atoms with Crippen molar-refractivity contribution in [3.05, 3.63) is 0 Å². The van der Waals surface area contributed by atoms with Gasteiger partial charge >= 0.3 is 12.0 Å². The molecule has 2 atom stereocenters. The first kappa shape index (κ1) is 14.8. The Labute approximate surface area is 108 Å². The normalized spacial score (nSPS) is 21.9. The minimum absolute atomic E-state index is 0.000383. The van der Waals surface area contributed by atoms with Gasteiger partial charge in [-0.2, -0.15) is 0 Å². The molecule has 0 spiro atoms. The molecule has 1 fully saturated rings. The zero-order valence-corrected chi connectivity index (χ0v) is 11.3. The molecule has 18 heavy (non-hydrogen) atoms. The van der Waals surface area contributed by atoms with E-state index in [0.29, 0.717) is 0 Å². The van der Waals surface area contributed by atoms with Crippen LogP contribution in [0.1, 0.15) is 20.3 Å². The van der Waals surface area contributed by atoms with Gasteiger partial charge in [-0.15, -0.1) is 0 Å². The molecule has 0 saturated carbocycles. The lowest BCUT2D eigenvalue weighted by Crippen LogP contribution is -2.45. The number of carbonyl (C=O) groups excluding carboxylic acids is 1. The summed E-state index contributed by atoms with van der Waals surface area (Å²) in [5.41, 5.74) is 0. The van der Waals surface area contributed by atoms with Gasteiger partial charge < -0.3 is 20.6 Å². The highest BCUT2D eigenvalue weighted by molar-refractivity contribution is 5.76. The van der Waals surface area contributed by atoms with Gasteiger partial charge in [-0.05, 0) is 25.9 Å². The van der Waals surface area contributed by atoms with Gasteiger partial charge in [-0.25, -0.2) is 4.79 Å². The van der Waals surface area contributed by atoms with E-state index in [1.807, 2.05) is 20.9 Å². The molecule has 0 aliphatic carbocycles. The number of aliphatic carboxylic acids is 1. The fourth-order valence-electron chi connectivity index (χ4n) is 2.10. The van der Waals surface area contributed by atoms with E-state index < -0.39 is 11.9 Å². The fourth-order valence-corrected chi connectivity index (χ4v) is 2.10. The van der Waals surface area contributed by atoms with Gasteiger partial charge in [0.15, 0.2) is 0 Å². The van der Waals surface area contributed by atoms with Crippen molar-refractivity contribution in [1.82, 2.24) is 15.5 Å². The van der Waals surface area contributed by atoms with E-state index in [0.717, 1.165) is 19.5 Å². The second kappa shape index (κ2) is 6.58. The number of urea groups is 1. The minimum atomic E-state index is -0.870. The van der Waals surface area contributed by atoms with Crippen LogP contribution in [0.3, 0.4) is 0 Å². The second-order valence-electron chi connectivity index (χ2n) is 5.29. The summed E-state index contributed by atoms with van der Waals surface area (Å²) in [4.78, 5) is 24.7. The van der Waals surface area contributed by atoms with E-state index in [2.05, 4.69) is 15.5 Å². The van der Waals surface area contributed by atoms with Crippen LogP contribution in [0.4, 0.5) is 4.79 Å². The van der Waals surface area contributed by atoms with Crippen LogP contribution in [0.15, 0.2) is 0 Å². The van der Waals surface area contributed by atoms with E-state index in [1.54, 1.807) is 0 Å². The Bertz CT molecular complexity index is 307.